The van der Waals surface area contributed by atoms with E-state index in [2.05, 4.69) is 15.9 Å². The van der Waals surface area contributed by atoms with Gasteiger partial charge in [0, 0.05) is 15.6 Å². The minimum absolute atomic E-state index is 0.0735. The fourth-order valence-corrected chi connectivity index (χ4v) is 1.38. The second-order valence-corrected chi connectivity index (χ2v) is 3.50. The highest BCUT2D eigenvalue weighted by molar-refractivity contribution is 9.10. The first-order valence-electron chi connectivity index (χ1n) is 3.61. The number of hydrogen-bond acceptors (Lipinski definition) is 1. The minimum atomic E-state index is -2.60. The van der Waals surface area contributed by atoms with E-state index in [1.807, 2.05) is 0 Å². The first-order chi connectivity index (χ1) is 6.02. The summed E-state index contributed by atoms with van der Waals surface area (Å²) in [6.07, 6.45) is -2.60. The molecule has 0 spiro atoms. The Morgan fingerprint density at radius 3 is 2.54 bits per heavy atom. The van der Waals surface area contributed by atoms with Crippen LogP contribution in [-0.2, 0) is 0 Å². The number of Topliss-reactive ketones (excluding diaryl/α,β-unsaturated/α-hetero) is 1. The number of halogens is 3. The zero-order valence-corrected chi connectivity index (χ0v) is 8.44. The molecular formula is C9H7BrF2O. The fourth-order valence-electron chi connectivity index (χ4n) is 1.02. The predicted molar refractivity (Wildman–Crippen MR) is 49.1 cm³/mol. The maximum Gasteiger partial charge on any atom is 0.264 e. The van der Waals surface area contributed by atoms with Crippen molar-refractivity contribution in [1.82, 2.24) is 0 Å². The maximum absolute atomic E-state index is 12.4. The molecule has 0 heterocycles. The highest BCUT2D eigenvalue weighted by Crippen LogP contribution is 2.25. The minimum Gasteiger partial charge on any atom is -0.294 e. The summed E-state index contributed by atoms with van der Waals surface area (Å²) in [5, 5.41) is 0. The van der Waals surface area contributed by atoms with Crippen molar-refractivity contribution in [2.45, 2.75) is 13.3 Å². The molecule has 0 aromatic heterocycles. The third kappa shape index (κ3) is 2.34. The van der Waals surface area contributed by atoms with Gasteiger partial charge in [0.2, 0.25) is 0 Å². The Morgan fingerprint density at radius 2 is 2.08 bits per heavy atom. The van der Waals surface area contributed by atoms with Gasteiger partial charge in [-0.25, -0.2) is 8.78 Å². The number of carbonyl (C=O) groups is 1. The van der Waals surface area contributed by atoms with Gasteiger partial charge in [0.05, 0.1) is 0 Å². The van der Waals surface area contributed by atoms with E-state index >= 15 is 0 Å². The van der Waals surface area contributed by atoms with Crippen LogP contribution in [0, 0.1) is 0 Å². The fraction of sp³-hybridized carbons (Fsp3) is 0.222. The number of hydrogen-bond donors (Lipinski definition) is 0. The Hall–Kier alpha value is -0.770. The Bertz CT molecular complexity index is 336. The third-order valence-electron chi connectivity index (χ3n) is 1.63. The molecule has 0 atom stereocenters. The van der Waals surface area contributed by atoms with Crippen molar-refractivity contribution in [1.29, 1.82) is 0 Å². The molecule has 13 heavy (non-hydrogen) atoms. The summed E-state index contributed by atoms with van der Waals surface area (Å²) >= 11 is 3.12. The summed E-state index contributed by atoms with van der Waals surface area (Å²) in [6, 6.07) is 4.16. The van der Waals surface area contributed by atoms with Gasteiger partial charge in [0.25, 0.3) is 6.43 Å². The van der Waals surface area contributed by atoms with Gasteiger partial charge < -0.3 is 0 Å². The lowest BCUT2D eigenvalue weighted by Gasteiger charge is -2.05. The van der Waals surface area contributed by atoms with Crippen LogP contribution >= 0.6 is 15.9 Å². The predicted octanol–water partition coefficient (Wildman–Crippen LogP) is 3.59. The lowest BCUT2D eigenvalue weighted by atomic mass is 10.1. The van der Waals surface area contributed by atoms with E-state index in [0.29, 0.717) is 4.47 Å². The van der Waals surface area contributed by atoms with E-state index in [-0.39, 0.29) is 16.9 Å². The standard InChI is InChI=1S/C9H7BrF2O/c1-5(13)8-4-6(10)2-3-7(8)9(11)12/h2-4,9H,1H3. The van der Waals surface area contributed by atoms with Crippen molar-refractivity contribution < 1.29 is 13.6 Å². The zero-order chi connectivity index (χ0) is 10.0. The van der Waals surface area contributed by atoms with Crippen LogP contribution in [-0.4, -0.2) is 5.78 Å². The number of ketones is 1. The molecule has 0 unspecified atom stereocenters. The topological polar surface area (TPSA) is 17.1 Å². The summed E-state index contributed by atoms with van der Waals surface area (Å²) in [5.41, 5.74) is -0.139. The molecule has 0 N–H and O–H groups in total. The van der Waals surface area contributed by atoms with Crippen LogP contribution in [0.4, 0.5) is 8.78 Å². The van der Waals surface area contributed by atoms with E-state index in [9.17, 15) is 13.6 Å². The number of alkyl halides is 2. The Kier molecular flexibility index (Phi) is 3.14. The highest BCUT2D eigenvalue weighted by atomic mass is 79.9. The number of rotatable bonds is 2. The van der Waals surface area contributed by atoms with Gasteiger partial charge in [-0.2, -0.15) is 0 Å². The summed E-state index contributed by atoms with van der Waals surface area (Å²) < 4.78 is 25.3. The van der Waals surface area contributed by atoms with Crippen molar-refractivity contribution in [2.24, 2.45) is 0 Å². The van der Waals surface area contributed by atoms with Gasteiger partial charge >= 0.3 is 0 Å². The van der Waals surface area contributed by atoms with Gasteiger partial charge in [-0.05, 0) is 19.1 Å². The van der Waals surface area contributed by atoms with Crippen molar-refractivity contribution in [3.05, 3.63) is 33.8 Å². The second-order valence-electron chi connectivity index (χ2n) is 2.59. The van der Waals surface area contributed by atoms with Crippen molar-refractivity contribution in [3.63, 3.8) is 0 Å². The molecule has 4 heteroatoms. The van der Waals surface area contributed by atoms with Gasteiger partial charge in [0.1, 0.15) is 0 Å². The Labute approximate surface area is 82.9 Å². The average molecular weight is 249 g/mol. The van der Waals surface area contributed by atoms with Gasteiger partial charge in [0.15, 0.2) is 5.78 Å². The van der Waals surface area contributed by atoms with E-state index in [4.69, 9.17) is 0 Å². The SMILES string of the molecule is CC(=O)c1cc(Br)ccc1C(F)F. The average Bonchev–Trinajstić information content (AvgIpc) is 2.03. The van der Waals surface area contributed by atoms with Crippen LogP contribution in [0.3, 0.4) is 0 Å². The number of carbonyl (C=O) groups excluding carboxylic acids is 1. The third-order valence-corrected chi connectivity index (χ3v) is 2.12. The molecule has 0 bridgehead atoms. The van der Waals surface area contributed by atoms with E-state index in [0.717, 1.165) is 0 Å². The van der Waals surface area contributed by atoms with E-state index in [1.54, 1.807) is 0 Å². The zero-order valence-electron chi connectivity index (χ0n) is 6.85. The highest BCUT2D eigenvalue weighted by Gasteiger charge is 2.15. The van der Waals surface area contributed by atoms with Crippen molar-refractivity contribution >= 4 is 21.7 Å². The summed E-state index contributed by atoms with van der Waals surface area (Å²) in [4.78, 5) is 11.0. The van der Waals surface area contributed by atoms with Crippen LogP contribution < -0.4 is 0 Å². The Morgan fingerprint density at radius 1 is 1.46 bits per heavy atom. The van der Waals surface area contributed by atoms with E-state index < -0.39 is 6.43 Å². The molecule has 1 nitrogen and oxygen atoms in total. The van der Waals surface area contributed by atoms with Gasteiger partial charge in [-0.3, -0.25) is 4.79 Å². The van der Waals surface area contributed by atoms with Gasteiger partial charge in [-0.1, -0.05) is 22.0 Å². The summed E-state index contributed by atoms with van der Waals surface area (Å²) in [6.45, 7) is 1.27. The molecule has 0 saturated heterocycles. The molecule has 0 fully saturated rings. The first-order valence-corrected chi connectivity index (χ1v) is 4.40. The molecule has 0 amide bonds. The first kappa shape index (κ1) is 10.3. The van der Waals surface area contributed by atoms with Gasteiger partial charge in [-0.15, -0.1) is 0 Å². The van der Waals surface area contributed by atoms with Crippen LogP contribution in [0.5, 0.6) is 0 Å². The summed E-state index contributed by atoms with van der Waals surface area (Å²) in [7, 11) is 0. The lowest BCUT2D eigenvalue weighted by Crippen LogP contribution is -1.99. The van der Waals surface area contributed by atoms with Crippen molar-refractivity contribution in [3.8, 4) is 0 Å². The monoisotopic (exact) mass is 248 g/mol. The molecule has 1 aromatic rings. The molecule has 0 radical (unpaired) electrons. The second kappa shape index (κ2) is 3.96. The molecule has 0 saturated carbocycles. The maximum atomic E-state index is 12.4. The lowest BCUT2D eigenvalue weighted by molar-refractivity contribution is 0.0999. The van der Waals surface area contributed by atoms with Crippen LogP contribution in [0.1, 0.15) is 29.3 Å². The summed E-state index contributed by atoms with van der Waals surface area (Å²) in [5.74, 6) is -0.350. The molecule has 0 aliphatic rings. The molecule has 0 aliphatic heterocycles. The number of benzene rings is 1. The van der Waals surface area contributed by atoms with E-state index in [1.165, 1.54) is 25.1 Å². The normalized spacial score (nSPS) is 10.5. The Balaban J connectivity index is 3.27. The largest absolute Gasteiger partial charge is 0.294 e. The molecule has 0 aliphatic carbocycles. The smallest absolute Gasteiger partial charge is 0.264 e. The van der Waals surface area contributed by atoms with Crippen molar-refractivity contribution in [2.75, 3.05) is 0 Å². The van der Waals surface area contributed by atoms with Crippen LogP contribution in [0.15, 0.2) is 22.7 Å². The molecule has 70 valence electrons. The molecule has 1 rings (SSSR count). The quantitative estimate of drug-likeness (QED) is 0.732. The molecular weight excluding hydrogens is 242 g/mol. The molecule has 1 aromatic carbocycles. The van der Waals surface area contributed by atoms with Crippen LogP contribution in [0.2, 0.25) is 0 Å². The van der Waals surface area contributed by atoms with Crippen LogP contribution in [0.25, 0.3) is 0 Å².